The van der Waals surface area contributed by atoms with E-state index in [1.807, 2.05) is 0 Å². The van der Waals surface area contributed by atoms with E-state index in [4.69, 9.17) is 5.11 Å². The Labute approximate surface area is 104 Å². The van der Waals surface area contributed by atoms with Gasteiger partial charge in [0.15, 0.2) is 0 Å². The predicted molar refractivity (Wildman–Crippen MR) is 65.3 cm³/mol. The zero-order valence-corrected chi connectivity index (χ0v) is 9.79. The minimum atomic E-state index is -0.970. The lowest BCUT2D eigenvalue weighted by Crippen LogP contribution is -2.07. The molecule has 0 fully saturated rings. The number of anilines is 1. The highest BCUT2D eigenvalue weighted by molar-refractivity contribution is 5.89. The number of carboxylic acids is 1. The molecule has 6 nitrogen and oxygen atoms in total. The normalized spacial score (nSPS) is 10.1. The summed E-state index contributed by atoms with van der Waals surface area (Å²) in [6.45, 7) is 2.18. The number of hydrogen-bond donors (Lipinski definition) is 2. The van der Waals surface area contributed by atoms with Gasteiger partial charge in [0.25, 0.3) is 0 Å². The summed E-state index contributed by atoms with van der Waals surface area (Å²) in [6.07, 6.45) is 3.14. The molecule has 92 valence electrons. The van der Waals surface area contributed by atoms with E-state index < -0.39 is 5.97 Å². The number of nitrogens with zero attached hydrogens (tertiary/aromatic N) is 3. The molecule has 0 aliphatic rings. The Morgan fingerprint density at radius 3 is 2.83 bits per heavy atom. The molecule has 0 aliphatic carbocycles. The highest BCUT2D eigenvalue weighted by atomic mass is 16.4. The van der Waals surface area contributed by atoms with Gasteiger partial charge in [0.2, 0.25) is 0 Å². The Kier molecular flexibility index (Phi) is 3.47. The molecular formula is C12H12N4O2. The van der Waals surface area contributed by atoms with Crippen molar-refractivity contribution in [2.24, 2.45) is 0 Å². The number of hydrogen-bond acceptors (Lipinski definition) is 5. The van der Waals surface area contributed by atoms with Gasteiger partial charge >= 0.3 is 5.97 Å². The van der Waals surface area contributed by atoms with Crippen LogP contribution in [0.3, 0.4) is 0 Å². The number of carboxylic acid groups (broad SMARTS) is 1. The molecule has 0 bridgehead atoms. The van der Waals surface area contributed by atoms with E-state index in [0.717, 1.165) is 5.69 Å². The summed E-state index contributed by atoms with van der Waals surface area (Å²) in [4.78, 5) is 22.9. The molecule has 2 N–H and O–H groups in total. The number of pyridine rings is 1. The third-order valence-corrected chi connectivity index (χ3v) is 2.41. The van der Waals surface area contributed by atoms with Crippen LogP contribution in [-0.2, 0) is 6.54 Å². The first kappa shape index (κ1) is 12.0. The molecule has 0 saturated heterocycles. The minimum Gasteiger partial charge on any atom is -0.478 e. The maximum absolute atomic E-state index is 10.8. The number of aromatic carboxylic acids is 1. The molecule has 18 heavy (non-hydrogen) atoms. The van der Waals surface area contributed by atoms with Crippen LogP contribution in [-0.4, -0.2) is 26.0 Å². The van der Waals surface area contributed by atoms with Crippen LogP contribution < -0.4 is 5.32 Å². The van der Waals surface area contributed by atoms with Crippen LogP contribution >= 0.6 is 0 Å². The first-order valence-electron chi connectivity index (χ1n) is 5.36. The van der Waals surface area contributed by atoms with E-state index in [1.165, 1.54) is 12.4 Å². The maximum Gasteiger partial charge on any atom is 0.337 e. The number of carbonyl (C=O) groups is 1. The molecule has 6 heteroatoms. The fraction of sp³-hybridized carbons (Fsp3) is 0.167. The van der Waals surface area contributed by atoms with Crippen molar-refractivity contribution in [3.8, 4) is 0 Å². The first-order valence-corrected chi connectivity index (χ1v) is 5.36. The molecule has 2 aromatic rings. The van der Waals surface area contributed by atoms with E-state index in [1.54, 1.807) is 25.3 Å². The van der Waals surface area contributed by atoms with Crippen molar-refractivity contribution in [3.05, 3.63) is 47.7 Å². The Hall–Kier alpha value is -2.50. The Morgan fingerprint density at radius 1 is 1.39 bits per heavy atom. The Morgan fingerprint density at radius 2 is 2.22 bits per heavy atom. The Balaban J connectivity index is 2.07. The van der Waals surface area contributed by atoms with E-state index in [9.17, 15) is 4.79 Å². The number of rotatable bonds is 4. The second kappa shape index (κ2) is 5.22. The third-order valence-electron chi connectivity index (χ3n) is 2.41. The second-order valence-corrected chi connectivity index (χ2v) is 3.69. The highest BCUT2D eigenvalue weighted by Gasteiger charge is 2.08. The van der Waals surface area contributed by atoms with E-state index in [-0.39, 0.29) is 5.56 Å². The average Bonchev–Trinajstić information content (AvgIpc) is 2.37. The molecule has 0 aromatic carbocycles. The summed E-state index contributed by atoms with van der Waals surface area (Å²) in [7, 11) is 0. The van der Waals surface area contributed by atoms with Gasteiger partial charge in [0.05, 0.1) is 23.5 Å². The zero-order chi connectivity index (χ0) is 13.0. The van der Waals surface area contributed by atoms with E-state index in [2.05, 4.69) is 20.3 Å². The van der Waals surface area contributed by atoms with Crippen molar-refractivity contribution in [2.45, 2.75) is 13.5 Å². The minimum absolute atomic E-state index is 0.211. The number of nitrogens with one attached hydrogen (secondary N) is 1. The summed E-state index contributed by atoms with van der Waals surface area (Å²) >= 11 is 0. The smallest absolute Gasteiger partial charge is 0.337 e. The lowest BCUT2D eigenvalue weighted by molar-refractivity contribution is 0.0695. The van der Waals surface area contributed by atoms with Gasteiger partial charge in [0.1, 0.15) is 12.1 Å². The van der Waals surface area contributed by atoms with Crippen LogP contribution in [0.4, 0.5) is 5.82 Å². The molecule has 0 radical (unpaired) electrons. The van der Waals surface area contributed by atoms with Crippen molar-refractivity contribution < 1.29 is 9.90 Å². The molecular weight excluding hydrogens is 232 g/mol. The van der Waals surface area contributed by atoms with Gasteiger partial charge in [0, 0.05) is 6.20 Å². The van der Waals surface area contributed by atoms with Gasteiger partial charge < -0.3 is 10.4 Å². The summed E-state index contributed by atoms with van der Waals surface area (Å²) in [5.41, 5.74) is 1.53. The fourth-order valence-electron chi connectivity index (χ4n) is 1.49. The van der Waals surface area contributed by atoms with Crippen molar-refractivity contribution in [1.82, 2.24) is 15.0 Å². The summed E-state index contributed by atoms with van der Waals surface area (Å²) in [5, 5.41) is 12.0. The lowest BCUT2D eigenvalue weighted by atomic mass is 10.2. The van der Waals surface area contributed by atoms with Gasteiger partial charge in [-0.1, -0.05) is 0 Å². The molecule has 0 aliphatic heterocycles. The SMILES string of the molecule is Cc1nc(NCc2ccncn2)ccc1C(=O)O. The zero-order valence-electron chi connectivity index (χ0n) is 9.79. The quantitative estimate of drug-likeness (QED) is 0.847. The fourth-order valence-corrected chi connectivity index (χ4v) is 1.49. The number of aromatic nitrogens is 3. The largest absolute Gasteiger partial charge is 0.478 e. The molecule has 2 heterocycles. The molecule has 0 atom stereocenters. The van der Waals surface area contributed by atoms with Crippen LogP contribution in [0.15, 0.2) is 30.7 Å². The van der Waals surface area contributed by atoms with Gasteiger partial charge in [-0.3, -0.25) is 0 Å². The second-order valence-electron chi connectivity index (χ2n) is 3.69. The van der Waals surface area contributed by atoms with E-state index >= 15 is 0 Å². The summed E-state index contributed by atoms with van der Waals surface area (Å²) in [5.74, 6) is -0.349. The first-order chi connectivity index (χ1) is 8.66. The molecule has 2 rings (SSSR count). The van der Waals surface area contributed by atoms with Crippen LogP contribution in [0.25, 0.3) is 0 Å². The monoisotopic (exact) mass is 244 g/mol. The van der Waals surface area contributed by atoms with Crippen LogP contribution in [0.1, 0.15) is 21.7 Å². The van der Waals surface area contributed by atoms with Crippen molar-refractivity contribution in [3.63, 3.8) is 0 Å². The van der Waals surface area contributed by atoms with E-state index in [0.29, 0.717) is 18.1 Å². The Bertz CT molecular complexity index is 557. The third kappa shape index (κ3) is 2.79. The van der Waals surface area contributed by atoms with Gasteiger partial charge in [-0.2, -0.15) is 0 Å². The lowest BCUT2D eigenvalue weighted by Gasteiger charge is -2.07. The van der Waals surface area contributed by atoms with Gasteiger partial charge in [-0.25, -0.2) is 19.7 Å². The summed E-state index contributed by atoms with van der Waals surface area (Å²) in [6, 6.07) is 4.97. The number of aryl methyl sites for hydroxylation is 1. The van der Waals surface area contributed by atoms with Crippen LogP contribution in [0.2, 0.25) is 0 Å². The highest BCUT2D eigenvalue weighted by Crippen LogP contribution is 2.11. The van der Waals surface area contributed by atoms with Crippen LogP contribution in [0.5, 0.6) is 0 Å². The van der Waals surface area contributed by atoms with Crippen LogP contribution in [0, 0.1) is 6.92 Å². The standard InChI is InChI=1S/C12H12N4O2/c1-8-10(12(17)18)2-3-11(16-8)14-6-9-4-5-13-7-15-9/h2-5,7H,6H2,1H3,(H,14,16)(H,17,18). The predicted octanol–water partition coefficient (Wildman–Crippen LogP) is 1.49. The average molecular weight is 244 g/mol. The van der Waals surface area contributed by atoms with Crippen molar-refractivity contribution >= 4 is 11.8 Å². The van der Waals surface area contributed by atoms with Gasteiger partial charge in [-0.15, -0.1) is 0 Å². The molecule has 0 amide bonds. The molecule has 0 saturated carbocycles. The van der Waals surface area contributed by atoms with Crippen molar-refractivity contribution in [1.29, 1.82) is 0 Å². The van der Waals surface area contributed by atoms with Gasteiger partial charge in [-0.05, 0) is 25.1 Å². The maximum atomic E-state index is 10.8. The molecule has 0 unspecified atom stereocenters. The van der Waals surface area contributed by atoms with Crippen molar-refractivity contribution in [2.75, 3.05) is 5.32 Å². The molecule has 0 spiro atoms. The molecule has 2 aromatic heterocycles. The topological polar surface area (TPSA) is 88.0 Å². The summed E-state index contributed by atoms with van der Waals surface area (Å²) < 4.78 is 0.